The van der Waals surface area contributed by atoms with E-state index in [1.807, 2.05) is 48.7 Å². The number of para-hydroxylation sites is 1. The van der Waals surface area contributed by atoms with Gasteiger partial charge in [-0.25, -0.2) is 9.78 Å². The highest BCUT2D eigenvalue weighted by Gasteiger charge is 2.21. The second-order valence-electron chi connectivity index (χ2n) is 7.37. The molecule has 10 heteroatoms. The van der Waals surface area contributed by atoms with Crippen molar-refractivity contribution in [1.82, 2.24) is 9.97 Å². The van der Waals surface area contributed by atoms with Gasteiger partial charge in [0, 0.05) is 13.3 Å². The highest BCUT2D eigenvalue weighted by Crippen LogP contribution is 2.38. The fourth-order valence-corrected chi connectivity index (χ4v) is 4.04. The van der Waals surface area contributed by atoms with Gasteiger partial charge in [0.15, 0.2) is 5.82 Å². The molecule has 0 spiro atoms. The molecule has 0 aliphatic heterocycles. The third kappa shape index (κ3) is 6.02. The number of carbonyl (C=O) groups excluding carboxylic acids is 2. The molecule has 0 fully saturated rings. The van der Waals surface area contributed by atoms with Crippen molar-refractivity contribution < 1.29 is 19.1 Å². The number of esters is 1. The van der Waals surface area contributed by atoms with Gasteiger partial charge < -0.3 is 19.7 Å². The van der Waals surface area contributed by atoms with Gasteiger partial charge in [-0.2, -0.15) is 4.98 Å². The summed E-state index contributed by atoms with van der Waals surface area (Å²) >= 11 is 1.46. The number of rotatable bonds is 11. The molecule has 3 rings (SSSR count). The first-order chi connectivity index (χ1) is 16.9. The van der Waals surface area contributed by atoms with Crippen LogP contribution >= 0.6 is 11.9 Å². The number of amides is 1. The van der Waals surface area contributed by atoms with Crippen LogP contribution in [0, 0.1) is 6.92 Å². The van der Waals surface area contributed by atoms with Crippen molar-refractivity contribution >= 4 is 53.2 Å². The Morgan fingerprint density at radius 3 is 2.57 bits per heavy atom. The minimum Gasteiger partial charge on any atom is -0.492 e. The summed E-state index contributed by atoms with van der Waals surface area (Å²) in [6, 6.07) is 12.9. The Morgan fingerprint density at radius 2 is 1.91 bits per heavy atom. The molecule has 0 atom stereocenters. The molecule has 0 bridgehead atoms. The van der Waals surface area contributed by atoms with E-state index in [0.717, 1.165) is 11.3 Å². The zero-order valence-electron chi connectivity index (χ0n) is 20.4. The zero-order valence-corrected chi connectivity index (χ0v) is 21.3. The smallest absolute Gasteiger partial charge is 0.338 e. The Balaban J connectivity index is 2.04. The highest BCUT2D eigenvalue weighted by molar-refractivity contribution is 8.00. The number of nitrogens with zero attached hydrogens (tertiary/aromatic N) is 4. The summed E-state index contributed by atoms with van der Waals surface area (Å²) in [5, 5.41) is 3.18. The lowest BCUT2D eigenvalue weighted by Crippen LogP contribution is -2.20. The van der Waals surface area contributed by atoms with Gasteiger partial charge in [-0.05, 0) is 62.5 Å². The maximum Gasteiger partial charge on any atom is 0.338 e. The highest BCUT2D eigenvalue weighted by atomic mass is 32.2. The quantitative estimate of drug-likeness (QED) is 0.221. The van der Waals surface area contributed by atoms with Gasteiger partial charge >= 0.3 is 5.97 Å². The molecular weight excluding hydrogens is 466 g/mol. The molecule has 2 aromatic carbocycles. The first-order valence-electron chi connectivity index (χ1n) is 11.1. The Morgan fingerprint density at radius 1 is 1.14 bits per heavy atom. The molecule has 1 amide bonds. The van der Waals surface area contributed by atoms with Crippen molar-refractivity contribution in [2.24, 2.45) is 0 Å². The van der Waals surface area contributed by atoms with Crippen LogP contribution < -0.4 is 19.3 Å². The van der Waals surface area contributed by atoms with E-state index in [9.17, 15) is 9.59 Å². The lowest BCUT2D eigenvalue weighted by atomic mass is 10.2. The predicted octanol–water partition coefficient (Wildman–Crippen LogP) is 5.11. The van der Waals surface area contributed by atoms with Crippen molar-refractivity contribution in [3.63, 3.8) is 0 Å². The minimum absolute atomic E-state index is 0.286. The number of aromatic nitrogens is 2. The van der Waals surface area contributed by atoms with Crippen molar-refractivity contribution in [2.75, 3.05) is 41.0 Å². The summed E-state index contributed by atoms with van der Waals surface area (Å²) in [6.45, 7) is 6.32. The second kappa shape index (κ2) is 12.1. The van der Waals surface area contributed by atoms with Crippen LogP contribution in [0.3, 0.4) is 0 Å². The first kappa shape index (κ1) is 25.8. The van der Waals surface area contributed by atoms with E-state index in [-0.39, 0.29) is 6.61 Å². The number of anilines is 5. The molecule has 0 radical (unpaired) electrons. The number of aryl methyl sites for hydroxylation is 1. The number of ether oxygens (including phenoxy) is 2. The maximum absolute atomic E-state index is 12.2. The van der Waals surface area contributed by atoms with Crippen molar-refractivity contribution in [3.8, 4) is 5.75 Å². The van der Waals surface area contributed by atoms with Gasteiger partial charge in [0.25, 0.3) is 0 Å². The summed E-state index contributed by atoms with van der Waals surface area (Å²) in [7, 11) is 1.65. The normalized spacial score (nSPS) is 10.4. The molecule has 184 valence electrons. The molecule has 3 aromatic rings. The fourth-order valence-electron chi connectivity index (χ4n) is 3.33. The Bertz CT molecular complexity index is 1190. The van der Waals surface area contributed by atoms with Crippen LogP contribution in [0.1, 0.15) is 29.8 Å². The zero-order chi connectivity index (χ0) is 25.4. The van der Waals surface area contributed by atoms with E-state index in [1.165, 1.54) is 16.8 Å². The largest absolute Gasteiger partial charge is 0.492 e. The molecule has 1 N–H and O–H groups in total. The van der Waals surface area contributed by atoms with E-state index in [4.69, 9.17) is 14.5 Å². The standard InChI is InChI=1S/C25H29N5O4S/c1-6-33-22-14-18(24(32)34-7-2)12-13-19(22)27-25-26-15-21(29(4)16-31)23(28-25)30(35-5)20-11-9-8-10-17(20)3/h8-16H,6-7H2,1-5H3,(H,26,27,28). The van der Waals surface area contributed by atoms with Gasteiger partial charge in [-0.15, -0.1) is 0 Å². The lowest BCUT2D eigenvalue weighted by Gasteiger charge is -2.26. The molecule has 0 saturated carbocycles. The van der Waals surface area contributed by atoms with Crippen LogP contribution in [-0.4, -0.2) is 48.9 Å². The number of nitrogens with one attached hydrogen (secondary N) is 1. The topological polar surface area (TPSA) is 96.9 Å². The Hall–Kier alpha value is -3.79. The van der Waals surface area contributed by atoms with E-state index in [2.05, 4.69) is 10.3 Å². The van der Waals surface area contributed by atoms with Crippen LogP contribution in [0.4, 0.5) is 28.8 Å². The summed E-state index contributed by atoms with van der Waals surface area (Å²) in [4.78, 5) is 34.3. The molecular formula is C25H29N5O4S. The van der Waals surface area contributed by atoms with Crippen LogP contribution in [0.2, 0.25) is 0 Å². The lowest BCUT2D eigenvalue weighted by molar-refractivity contribution is -0.107. The molecule has 0 unspecified atom stereocenters. The minimum atomic E-state index is -0.423. The third-order valence-electron chi connectivity index (χ3n) is 5.04. The van der Waals surface area contributed by atoms with Gasteiger partial charge in [0.2, 0.25) is 12.4 Å². The molecule has 0 aliphatic rings. The predicted molar refractivity (Wildman–Crippen MR) is 140 cm³/mol. The van der Waals surface area contributed by atoms with Crippen molar-refractivity contribution in [1.29, 1.82) is 0 Å². The number of hydrogen-bond acceptors (Lipinski definition) is 9. The molecule has 1 heterocycles. The molecule has 0 aliphatic carbocycles. The Labute approximate surface area is 209 Å². The molecule has 9 nitrogen and oxygen atoms in total. The van der Waals surface area contributed by atoms with Gasteiger partial charge in [-0.3, -0.25) is 9.10 Å². The van der Waals surface area contributed by atoms with Crippen LogP contribution in [0.25, 0.3) is 0 Å². The molecule has 1 aromatic heterocycles. The monoisotopic (exact) mass is 495 g/mol. The summed E-state index contributed by atoms with van der Waals surface area (Å²) in [5.74, 6) is 0.895. The van der Waals surface area contributed by atoms with Crippen LogP contribution in [0.5, 0.6) is 5.75 Å². The summed E-state index contributed by atoms with van der Waals surface area (Å²) < 4.78 is 12.8. The summed E-state index contributed by atoms with van der Waals surface area (Å²) in [5.41, 5.74) is 3.53. The van der Waals surface area contributed by atoms with Gasteiger partial charge in [0.05, 0.1) is 36.3 Å². The van der Waals surface area contributed by atoms with Crippen LogP contribution in [-0.2, 0) is 9.53 Å². The summed E-state index contributed by atoms with van der Waals surface area (Å²) in [6.07, 6.45) is 4.24. The average Bonchev–Trinajstić information content (AvgIpc) is 2.86. The fraction of sp³-hybridized carbons (Fsp3) is 0.280. The van der Waals surface area contributed by atoms with Crippen LogP contribution in [0.15, 0.2) is 48.7 Å². The number of hydrogen-bond donors (Lipinski definition) is 1. The maximum atomic E-state index is 12.2. The number of carbonyl (C=O) groups is 2. The van der Waals surface area contributed by atoms with Crippen molar-refractivity contribution in [3.05, 3.63) is 59.8 Å². The first-order valence-corrected chi connectivity index (χ1v) is 12.3. The SMILES string of the molecule is CCOC(=O)c1ccc(Nc2ncc(N(C)C=O)c(N(SC)c3ccccc3C)n2)c(OCC)c1. The van der Waals surface area contributed by atoms with E-state index in [1.54, 1.807) is 38.4 Å². The van der Waals surface area contributed by atoms with E-state index < -0.39 is 5.97 Å². The average molecular weight is 496 g/mol. The van der Waals surface area contributed by atoms with Gasteiger partial charge in [-0.1, -0.05) is 18.2 Å². The number of benzene rings is 2. The Kier molecular flexibility index (Phi) is 8.91. The van der Waals surface area contributed by atoms with E-state index in [0.29, 0.717) is 47.5 Å². The van der Waals surface area contributed by atoms with E-state index >= 15 is 0 Å². The third-order valence-corrected chi connectivity index (χ3v) is 5.77. The second-order valence-corrected chi connectivity index (χ2v) is 8.10. The van der Waals surface area contributed by atoms with Crippen molar-refractivity contribution in [2.45, 2.75) is 20.8 Å². The molecule has 0 saturated heterocycles. The van der Waals surface area contributed by atoms with Gasteiger partial charge in [0.1, 0.15) is 11.4 Å². The molecule has 35 heavy (non-hydrogen) atoms.